The predicted octanol–water partition coefficient (Wildman–Crippen LogP) is 1.48. The zero-order valence-corrected chi connectivity index (χ0v) is 29.4. The number of nitrogens with one attached hydrogen (secondary N) is 1. The Balaban J connectivity index is 0.000000727. The van der Waals surface area contributed by atoms with Crippen LogP contribution in [0.1, 0.15) is 75.7 Å². The number of ether oxygens (including phenoxy) is 1. The molecule has 5 rings (SSSR count). The number of anilines is 1. The number of nitrogens with two attached hydrogens (primary N) is 1. The van der Waals surface area contributed by atoms with Gasteiger partial charge in [-0.15, -0.1) is 5.10 Å². The molecule has 0 unspecified atom stereocenters. The van der Waals surface area contributed by atoms with Gasteiger partial charge in [0.25, 0.3) is 11.9 Å². The number of aliphatic hydroxyl groups is 2. The number of aromatic nitrogens is 7. The van der Waals surface area contributed by atoms with Gasteiger partial charge in [-0.1, -0.05) is 64.3 Å². The van der Waals surface area contributed by atoms with Gasteiger partial charge in [0.1, 0.15) is 29.6 Å². The summed E-state index contributed by atoms with van der Waals surface area (Å²) in [6.45, 7) is 11.5. The molecule has 1 saturated heterocycles. The molecule has 0 saturated carbocycles. The fourth-order valence-electron chi connectivity index (χ4n) is 5.25. The Hall–Kier alpha value is -4.27. The number of carbonyl (C=O) groups is 1. The van der Waals surface area contributed by atoms with Crippen molar-refractivity contribution in [2.45, 2.75) is 84.3 Å². The van der Waals surface area contributed by atoms with E-state index in [1.54, 1.807) is 10.9 Å². The van der Waals surface area contributed by atoms with Crippen LogP contribution in [-0.4, -0.2) is 114 Å². The van der Waals surface area contributed by atoms with E-state index in [4.69, 9.17) is 14.7 Å². The fourth-order valence-corrected chi connectivity index (χ4v) is 5.96. The zero-order chi connectivity index (χ0) is 36.4. The molecule has 50 heavy (non-hydrogen) atoms. The second-order valence-electron chi connectivity index (χ2n) is 11.6. The molecule has 0 spiro atoms. The molecule has 1 amide bonds. The number of nitrogens with zero attached hydrogens (tertiary/aromatic N) is 8. The first-order valence-corrected chi connectivity index (χ1v) is 18.0. The van der Waals surface area contributed by atoms with Gasteiger partial charge in [-0.2, -0.15) is 23.1 Å². The van der Waals surface area contributed by atoms with Gasteiger partial charge in [0, 0.05) is 0 Å². The lowest BCUT2D eigenvalue weighted by Crippen LogP contribution is -2.37. The summed E-state index contributed by atoms with van der Waals surface area (Å²) in [6, 6.07) is 5.33. The quantitative estimate of drug-likeness (QED) is 0.109. The van der Waals surface area contributed by atoms with Gasteiger partial charge in [0.15, 0.2) is 17.7 Å². The van der Waals surface area contributed by atoms with Crippen LogP contribution in [0.4, 0.5) is 5.82 Å². The second kappa shape index (κ2) is 17.6. The highest BCUT2D eigenvalue weighted by molar-refractivity contribution is 7.85. The summed E-state index contributed by atoms with van der Waals surface area (Å²) in [4.78, 5) is 27.6. The molecule has 0 radical (unpaired) electrons. The molecule has 274 valence electrons. The molecule has 4 aromatic rings. The summed E-state index contributed by atoms with van der Waals surface area (Å²) < 4.78 is 39.6. The molecule has 4 heterocycles. The van der Waals surface area contributed by atoms with Gasteiger partial charge >= 0.3 is 10.3 Å². The van der Waals surface area contributed by atoms with Gasteiger partial charge in [-0.25, -0.2) is 9.71 Å². The third-order valence-corrected chi connectivity index (χ3v) is 9.06. The van der Waals surface area contributed by atoms with Crippen molar-refractivity contribution in [3.8, 4) is 11.7 Å². The van der Waals surface area contributed by atoms with E-state index in [9.17, 15) is 28.5 Å². The van der Waals surface area contributed by atoms with Crippen LogP contribution in [0.3, 0.4) is 0 Å². The summed E-state index contributed by atoms with van der Waals surface area (Å²) in [5.74, 6) is -1.43. The van der Waals surface area contributed by atoms with Gasteiger partial charge < -0.3 is 30.7 Å². The minimum Gasteiger partial charge on any atom is -0.507 e. The number of rotatable bonds is 15. The van der Waals surface area contributed by atoms with Crippen molar-refractivity contribution in [3.05, 3.63) is 48.0 Å². The average Bonchev–Trinajstić information content (AvgIpc) is 3.81. The lowest BCUT2D eigenvalue weighted by atomic mass is 10.1. The molecule has 1 aliphatic rings. The number of carbonyl (C=O) groups excluding carboxylic acids is 1. The monoisotopic (exact) mass is 718 g/mol. The first-order valence-electron chi connectivity index (χ1n) is 16.6. The lowest BCUT2D eigenvalue weighted by molar-refractivity contribution is -0.0468. The number of hydrogen-bond donors (Lipinski definition) is 5. The van der Waals surface area contributed by atoms with Crippen LogP contribution in [0.15, 0.2) is 36.8 Å². The maximum Gasteiger partial charge on any atom is 0.362 e. The molecule has 6 N–H and O–H groups in total. The molecule has 1 fully saturated rings. The van der Waals surface area contributed by atoms with E-state index >= 15 is 0 Å². The maximum atomic E-state index is 12.4. The number of benzene rings is 1. The Kier molecular flexibility index (Phi) is 13.6. The summed E-state index contributed by atoms with van der Waals surface area (Å²) in [5, 5.41) is 39.4. The number of phenolic OH excluding ortho intramolecular Hbond substituents is 1. The smallest absolute Gasteiger partial charge is 0.362 e. The Morgan fingerprint density at radius 1 is 1.06 bits per heavy atom. The topological polar surface area (TPSA) is 246 Å². The third-order valence-electron chi connectivity index (χ3n) is 8.18. The number of amides is 1. The van der Waals surface area contributed by atoms with Crippen molar-refractivity contribution in [2.75, 3.05) is 32.0 Å². The number of aliphatic hydroxyl groups excluding tert-OH is 2. The van der Waals surface area contributed by atoms with Gasteiger partial charge in [-0.05, 0) is 44.6 Å². The van der Waals surface area contributed by atoms with E-state index in [1.807, 2.05) is 0 Å². The molecule has 0 aliphatic carbocycles. The van der Waals surface area contributed by atoms with Crippen molar-refractivity contribution >= 4 is 33.2 Å². The molecular formula is C31H46N10O8S. The van der Waals surface area contributed by atoms with Crippen LogP contribution < -0.4 is 10.5 Å². The minimum absolute atomic E-state index is 0.0259. The number of nitrogen functional groups attached to an aromatic ring is 1. The van der Waals surface area contributed by atoms with E-state index in [0.717, 1.165) is 37.8 Å². The largest absolute Gasteiger partial charge is 0.507 e. The van der Waals surface area contributed by atoms with E-state index in [0.29, 0.717) is 0 Å². The number of aromatic hydroxyl groups is 1. The molecule has 4 atom stereocenters. The molecule has 0 bridgehead atoms. The average molecular weight is 719 g/mol. The highest BCUT2D eigenvalue weighted by atomic mass is 32.2. The van der Waals surface area contributed by atoms with Crippen LogP contribution in [0, 0.1) is 0 Å². The highest BCUT2D eigenvalue weighted by Crippen LogP contribution is 2.32. The number of fused-ring (bicyclic) bond motifs is 1. The van der Waals surface area contributed by atoms with Crippen molar-refractivity contribution in [3.63, 3.8) is 0 Å². The lowest BCUT2D eigenvalue weighted by Gasteiger charge is -2.16. The first kappa shape index (κ1) is 38.5. The van der Waals surface area contributed by atoms with Crippen molar-refractivity contribution < 1.29 is 37.5 Å². The van der Waals surface area contributed by atoms with Gasteiger partial charge in [-0.3, -0.25) is 13.5 Å². The third kappa shape index (κ3) is 9.49. The number of para-hydroxylation sites is 1. The summed E-state index contributed by atoms with van der Waals surface area (Å²) in [6.07, 6.45) is 2.30. The number of hydrogen-bond acceptors (Lipinski definition) is 15. The van der Waals surface area contributed by atoms with E-state index < -0.39 is 53.1 Å². The first-order chi connectivity index (χ1) is 23.9. The second-order valence-corrected chi connectivity index (χ2v) is 12.9. The minimum atomic E-state index is -4.68. The number of phenols is 1. The van der Waals surface area contributed by atoms with E-state index in [-0.39, 0.29) is 28.5 Å². The Morgan fingerprint density at radius 3 is 2.44 bits per heavy atom. The summed E-state index contributed by atoms with van der Waals surface area (Å²) in [5.41, 5.74) is 6.95. The Morgan fingerprint density at radius 2 is 1.78 bits per heavy atom. The molecule has 19 heteroatoms. The van der Waals surface area contributed by atoms with E-state index in [1.165, 1.54) is 59.5 Å². The summed E-state index contributed by atoms with van der Waals surface area (Å²) in [7, 11) is -4.68. The molecule has 1 aliphatic heterocycles. The van der Waals surface area contributed by atoms with Crippen molar-refractivity contribution in [1.29, 1.82) is 0 Å². The van der Waals surface area contributed by atoms with Crippen LogP contribution in [0.25, 0.3) is 17.1 Å². The molecule has 18 nitrogen and oxygen atoms in total. The maximum absolute atomic E-state index is 12.4. The van der Waals surface area contributed by atoms with Gasteiger partial charge in [0.2, 0.25) is 0 Å². The SMILES string of the molecule is CCCCCCc1cn(-c2nc(N)c3ncn([C@@H]4O[C@H](COS(=O)(=O)NC(=O)c5ccccc5O)[C@@H](O)[C@H]4O)c3n2)nn1.CCN(CC)CC. The van der Waals surface area contributed by atoms with Crippen LogP contribution in [-0.2, 0) is 25.6 Å². The standard InChI is InChI=1S/C25H31N9O8S.C6H15N/c1-2-3-4-5-8-14-11-34(32-30-14)25-28-21(26)18-22(29-25)33(13-27-18)24-20(37)19(36)17(42-24)12-41-43(39,40)31-23(38)15-9-6-7-10-16(15)35;1-4-7(5-2)6-3/h6-7,9-11,13,17,19-20,24,35-37H,2-5,8,12H2,1H3,(H,31,38)(H2,26,28,29);4-6H2,1-3H3/t17-,19-,20-,24-;/m1./s1. The van der Waals surface area contributed by atoms with Crippen LogP contribution >= 0.6 is 0 Å². The molecule has 3 aromatic heterocycles. The predicted molar refractivity (Wildman–Crippen MR) is 182 cm³/mol. The number of aryl methyl sites for hydroxylation is 1. The van der Waals surface area contributed by atoms with Crippen molar-refractivity contribution in [1.82, 2.24) is 44.1 Å². The van der Waals surface area contributed by atoms with Crippen LogP contribution in [0.2, 0.25) is 0 Å². The fraction of sp³-hybridized carbons (Fsp3) is 0.548. The normalized spacial score (nSPS) is 19.1. The molecule has 1 aromatic carbocycles. The van der Waals surface area contributed by atoms with Crippen molar-refractivity contribution in [2.24, 2.45) is 0 Å². The van der Waals surface area contributed by atoms with Gasteiger partial charge in [0.05, 0.1) is 30.4 Å². The number of unbranched alkanes of at least 4 members (excludes halogenated alkanes) is 3. The molecular weight excluding hydrogens is 672 g/mol. The highest BCUT2D eigenvalue weighted by Gasteiger charge is 2.45. The summed E-state index contributed by atoms with van der Waals surface area (Å²) >= 11 is 0. The Bertz CT molecular complexity index is 1810. The Labute approximate surface area is 290 Å². The zero-order valence-electron chi connectivity index (χ0n) is 28.6. The van der Waals surface area contributed by atoms with E-state index in [2.05, 4.69) is 57.9 Å². The van der Waals surface area contributed by atoms with Crippen LogP contribution in [0.5, 0.6) is 5.75 Å². The number of imidazole rings is 1.